The monoisotopic (exact) mass is 302 g/mol. The summed E-state index contributed by atoms with van der Waals surface area (Å²) in [7, 11) is 4.37. The van der Waals surface area contributed by atoms with E-state index in [0.29, 0.717) is 11.3 Å². The summed E-state index contributed by atoms with van der Waals surface area (Å²) in [5, 5.41) is 0. The predicted octanol–water partition coefficient (Wildman–Crippen LogP) is 1.12. The van der Waals surface area contributed by atoms with Crippen LogP contribution in [0.5, 0.6) is 0 Å². The Labute approximate surface area is 132 Å². The molecule has 5 nitrogen and oxygen atoms in total. The quantitative estimate of drug-likeness (QED) is 0.790. The third kappa shape index (κ3) is 2.83. The molecule has 5 heteroatoms. The van der Waals surface area contributed by atoms with Crippen LogP contribution in [0.4, 0.5) is 5.69 Å². The number of nitrogens with two attached hydrogens (primary N) is 1. The second-order valence-corrected chi connectivity index (χ2v) is 6.80. The Morgan fingerprint density at radius 2 is 1.86 bits per heavy atom. The number of amides is 1. The van der Waals surface area contributed by atoms with Crippen LogP contribution in [0.15, 0.2) is 24.3 Å². The largest absolute Gasteiger partial charge is 0.399 e. The minimum Gasteiger partial charge on any atom is -0.399 e. The summed E-state index contributed by atoms with van der Waals surface area (Å²) in [6.07, 6.45) is 2.25. The molecule has 0 aromatic heterocycles. The summed E-state index contributed by atoms with van der Waals surface area (Å²) in [6.45, 7) is 4.76. The maximum Gasteiger partial charge on any atom is 0.254 e. The Bertz CT molecular complexity index is 551. The molecule has 0 unspecified atom stereocenters. The molecule has 2 saturated heterocycles. The van der Waals surface area contributed by atoms with Gasteiger partial charge in [0.05, 0.1) is 0 Å². The first-order valence-electron chi connectivity index (χ1n) is 8.05. The van der Waals surface area contributed by atoms with Crippen LogP contribution in [0.1, 0.15) is 23.2 Å². The van der Waals surface area contributed by atoms with Crippen LogP contribution in [0, 0.1) is 0 Å². The van der Waals surface area contributed by atoms with Gasteiger partial charge in [-0.1, -0.05) is 6.07 Å². The highest BCUT2D eigenvalue weighted by Crippen LogP contribution is 2.31. The van der Waals surface area contributed by atoms with E-state index in [0.717, 1.165) is 45.6 Å². The van der Waals surface area contributed by atoms with E-state index in [9.17, 15) is 4.79 Å². The van der Waals surface area contributed by atoms with E-state index in [2.05, 4.69) is 23.9 Å². The van der Waals surface area contributed by atoms with E-state index in [4.69, 9.17) is 5.73 Å². The zero-order valence-corrected chi connectivity index (χ0v) is 13.6. The molecule has 0 bridgehead atoms. The molecular weight excluding hydrogens is 276 g/mol. The zero-order chi connectivity index (χ0) is 15.7. The van der Waals surface area contributed by atoms with Gasteiger partial charge in [-0.2, -0.15) is 0 Å². The zero-order valence-electron chi connectivity index (χ0n) is 13.6. The number of nitrogens with zero attached hydrogens (tertiary/aromatic N) is 3. The highest BCUT2D eigenvalue weighted by molar-refractivity contribution is 5.95. The number of carbonyl (C=O) groups excluding carboxylic acids is 1. The molecule has 2 N–H and O–H groups in total. The number of piperidine rings is 1. The lowest BCUT2D eigenvalue weighted by molar-refractivity contribution is -0.0170. The van der Waals surface area contributed by atoms with Crippen LogP contribution in [0.3, 0.4) is 0 Å². The summed E-state index contributed by atoms with van der Waals surface area (Å²) in [5.74, 6) is 0.110. The molecular formula is C17H26N4O. The van der Waals surface area contributed by atoms with Crippen molar-refractivity contribution in [3.63, 3.8) is 0 Å². The molecule has 2 fully saturated rings. The van der Waals surface area contributed by atoms with E-state index in [1.807, 2.05) is 23.1 Å². The molecule has 1 spiro atoms. The lowest BCUT2D eigenvalue weighted by Gasteiger charge is -2.52. The van der Waals surface area contributed by atoms with Crippen LogP contribution in [-0.4, -0.2) is 73.0 Å². The molecule has 1 aromatic carbocycles. The van der Waals surface area contributed by atoms with Crippen molar-refractivity contribution < 1.29 is 4.79 Å². The Morgan fingerprint density at radius 3 is 2.55 bits per heavy atom. The molecule has 120 valence electrons. The Morgan fingerprint density at radius 1 is 1.14 bits per heavy atom. The first-order chi connectivity index (χ1) is 10.5. The van der Waals surface area contributed by atoms with Crippen LogP contribution in [0.2, 0.25) is 0 Å². The van der Waals surface area contributed by atoms with Crippen molar-refractivity contribution >= 4 is 11.6 Å². The maximum atomic E-state index is 12.8. The van der Waals surface area contributed by atoms with Gasteiger partial charge in [-0.05, 0) is 58.2 Å². The molecule has 0 atom stereocenters. The van der Waals surface area contributed by atoms with Crippen molar-refractivity contribution in [2.45, 2.75) is 18.4 Å². The van der Waals surface area contributed by atoms with Crippen molar-refractivity contribution in [2.24, 2.45) is 0 Å². The van der Waals surface area contributed by atoms with Gasteiger partial charge >= 0.3 is 0 Å². The van der Waals surface area contributed by atoms with Gasteiger partial charge in [-0.15, -0.1) is 0 Å². The third-order valence-corrected chi connectivity index (χ3v) is 5.34. The second kappa shape index (κ2) is 5.89. The normalized spacial score (nSPS) is 22.9. The molecule has 2 heterocycles. The minimum atomic E-state index is 0.110. The Kier molecular flexibility index (Phi) is 4.10. The van der Waals surface area contributed by atoms with E-state index >= 15 is 0 Å². The average molecular weight is 302 g/mol. The van der Waals surface area contributed by atoms with E-state index < -0.39 is 0 Å². The van der Waals surface area contributed by atoms with Crippen molar-refractivity contribution in [1.82, 2.24) is 14.7 Å². The van der Waals surface area contributed by atoms with Crippen molar-refractivity contribution in [2.75, 3.05) is 52.6 Å². The summed E-state index contributed by atoms with van der Waals surface area (Å²) in [5.41, 5.74) is 7.30. The molecule has 1 amide bonds. The van der Waals surface area contributed by atoms with E-state index in [-0.39, 0.29) is 11.4 Å². The summed E-state index contributed by atoms with van der Waals surface area (Å²) < 4.78 is 0. The molecule has 0 radical (unpaired) electrons. The topological polar surface area (TPSA) is 52.8 Å². The first-order valence-corrected chi connectivity index (χ1v) is 8.05. The number of piperazine rings is 1. The lowest BCUT2D eigenvalue weighted by atomic mass is 9.83. The fourth-order valence-electron chi connectivity index (χ4n) is 3.67. The van der Waals surface area contributed by atoms with Crippen LogP contribution >= 0.6 is 0 Å². The Balaban J connectivity index is 1.77. The van der Waals surface area contributed by atoms with Gasteiger partial charge in [0.15, 0.2) is 0 Å². The Hall–Kier alpha value is -1.59. The predicted molar refractivity (Wildman–Crippen MR) is 88.8 cm³/mol. The number of likely N-dealkylation sites (N-methyl/N-ethyl adjacent to an activating group) is 1. The molecule has 1 aromatic rings. The fourth-order valence-corrected chi connectivity index (χ4v) is 3.67. The van der Waals surface area contributed by atoms with Gasteiger partial charge in [0.1, 0.15) is 0 Å². The van der Waals surface area contributed by atoms with E-state index in [1.54, 1.807) is 6.07 Å². The van der Waals surface area contributed by atoms with Crippen molar-refractivity contribution in [3.05, 3.63) is 29.8 Å². The van der Waals surface area contributed by atoms with E-state index in [1.165, 1.54) is 0 Å². The first kappa shape index (κ1) is 15.3. The van der Waals surface area contributed by atoms with Gasteiger partial charge in [0.25, 0.3) is 5.91 Å². The molecule has 3 rings (SSSR count). The summed E-state index contributed by atoms with van der Waals surface area (Å²) in [6, 6.07) is 7.31. The number of rotatable bonds is 1. The molecule has 22 heavy (non-hydrogen) atoms. The summed E-state index contributed by atoms with van der Waals surface area (Å²) in [4.78, 5) is 19.6. The molecule has 0 aliphatic carbocycles. The van der Waals surface area contributed by atoms with Gasteiger partial charge < -0.3 is 15.5 Å². The van der Waals surface area contributed by atoms with Gasteiger partial charge in [-0.25, -0.2) is 0 Å². The molecule has 2 aliphatic rings. The highest BCUT2D eigenvalue weighted by Gasteiger charge is 2.42. The number of benzene rings is 1. The number of likely N-dealkylation sites (tertiary alicyclic amines) is 1. The number of hydrogen-bond acceptors (Lipinski definition) is 4. The third-order valence-electron chi connectivity index (χ3n) is 5.34. The number of hydrogen-bond donors (Lipinski definition) is 1. The van der Waals surface area contributed by atoms with Gasteiger partial charge in [-0.3, -0.25) is 9.69 Å². The number of anilines is 1. The highest BCUT2D eigenvalue weighted by atomic mass is 16.2. The van der Waals surface area contributed by atoms with Crippen molar-refractivity contribution in [3.8, 4) is 0 Å². The van der Waals surface area contributed by atoms with Crippen LogP contribution < -0.4 is 5.73 Å². The molecule has 0 saturated carbocycles. The van der Waals surface area contributed by atoms with Gasteiger partial charge in [0.2, 0.25) is 0 Å². The second-order valence-electron chi connectivity index (χ2n) is 6.80. The lowest BCUT2D eigenvalue weighted by Crippen LogP contribution is -2.64. The van der Waals surface area contributed by atoms with Gasteiger partial charge in [0, 0.05) is 36.4 Å². The fraction of sp³-hybridized carbons (Fsp3) is 0.588. The number of carbonyl (C=O) groups is 1. The smallest absolute Gasteiger partial charge is 0.254 e. The SMILES string of the molecule is CN1CCC2(CC1)CN(C(=O)c1cccc(N)c1)CCN2C. The average Bonchev–Trinajstić information content (AvgIpc) is 2.52. The maximum absolute atomic E-state index is 12.8. The van der Waals surface area contributed by atoms with Crippen LogP contribution in [-0.2, 0) is 0 Å². The number of nitrogen functional groups attached to an aromatic ring is 1. The van der Waals surface area contributed by atoms with Crippen LogP contribution in [0.25, 0.3) is 0 Å². The molecule has 2 aliphatic heterocycles. The standard InChI is InChI=1S/C17H26N4O/c1-19-8-6-17(7-9-19)13-21(11-10-20(17)2)16(22)14-4-3-5-15(18)12-14/h3-5,12H,6-11,13,18H2,1-2H3. The summed E-state index contributed by atoms with van der Waals surface area (Å²) >= 11 is 0. The van der Waals surface area contributed by atoms with Crippen molar-refractivity contribution in [1.29, 1.82) is 0 Å². The minimum absolute atomic E-state index is 0.110.